The first-order chi connectivity index (χ1) is 11.3. The molecular weight excluding hydrogens is 284 g/mol. The van der Waals surface area contributed by atoms with Gasteiger partial charge < -0.3 is 4.74 Å². The molecule has 1 aliphatic heterocycles. The Bertz CT molecular complexity index is 727. The number of hydrogen-bond donors (Lipinski definition) is 0. The summed E-state index contributed by atoms with van der Waals surface area (Å²) < 4.78 is 5.62. The molecule has 2 aromatic rings. The number of carbonyl (C=O) groups excluding carboxylic acids is 1. The van der Waals surface area contributed by atoms with Crippen molar-refractivity contribution in [1.29, 1.82) is 0 Å². The summed E-state index contributed by atoms with van der Waals surface area (Å²) in [6.07, 6.45) is 5.57. The number of benzene rings is 2. The summed E-state index contributed by atoms with van der Waals surface area (Å²) in [6, 6.07) is 19.9. The van der Waals surface area contributed by atoms with Crippen LogP contribution in [0.5, 0.6) is 0 Å². The van der Waals surface area contributed by atoms with Crippen LogP contribution in [0.3, 0.4) is 0 Å². The Labute approximate surface area is 137 Å². The lowest BCUT2D eigenvalue weighted by Gasteiger charge is -2.09. The van der Waals surface area contributed by atoms with Crippen molar-refractivity contribution in [2.75, 3.05) is 0 Å². The van der Waals surface area contributed by atoms with Gasteiger partial charge in [0.05, 0.1) is 5.57 Å². The normalized spacial score (nSPS) is 17.8. The third-order valence-electron chi connectivity index (χ3n) is 3.95. The molecule has 2 heteroatoms. The van der Waals surface area contributed by atoms with Crippen molar-refractivity contribution in [2.24, 2.45) is 0 Å². The summed E-state index contributed by atoms with van der Waals surface area (Å²) >= 11 is 0. The Balaban J connectivity index is 1.94. The number of ether oxygens (including phenoxy) is 1. The van der Waals surface area contributed by atoms with Gasteiger partial charge in [0, 0.05) is 0 Å². The van der Waals surface area contributed by atoms with Crippen molar-refractivity contribution >= 4 is 17.6 Å². The molecule has 0 aromatic heterocycles. The number of carbonyl (C=O) groups is 1. The molecule has 2 aromatic carbocycles. The maximum absolute atomic E-state index is 12.4. The molecular formula is C21H20O2. The summed E-state index contributed by atoms with van der Waals surface area (Å²) in [6.45, 7) is 2.12. The maximum atomic E-state index is 12.4. The summed E-state index contributed by atoms with van der Waals surface area (Å²) in [5, 5.41) is 0. The van der Waals surface area contributed by atoms with E-state index in [0.29, 0.717) is 0 Å². The van der Waals surface area contributed by atoms with E-state index in [4.69, 9.17) is 4.74 Å². The highest BCUT2D eigenvalue weighted by molar-refractivity contribution is 6.19. The van der Waals surface area contributed by atoms with E-state index in [0.717, 1.165) is 35.1 Å². The summed E-state index contributed by atoms with van der Waals surface area (Å²) in [5.74, 6) is -0.220. The van der Waals surface area contributed by atoms with E-state index in [1.165, 1.54) is 0 Å². The van der Waals surface area contributed by atoms with Crippen LogP contribution in [0, 0.1) is 0 Å². The smallest absolute Gasteiger partial charge is 0.339 e. The van der Waals surface area contributed by atoms with E-state index in [1.54, 1.807) is 0 Å². The van der Waals surface area contributed by atoms with Gasteiger partial charge in [-0.2, -0.15) is 0 Å². The van der Waals surface area contributed by atoms with E-state index in [1.807, 2.05) is 72.8 Å². The minimum Gasteiger partial charge on any atom is -0.450 e. The molecule has 2 nitrogen and oxygen atoms in total. The van der Waals surface area contributed by atoms with Gasteiger partial charge in [-0.15, -0.1) is 0 Å². The Morgan fingerprint density at radius 3 is 2.30 bits per heavy atom. The minimum atomic E-state index is -0.266. The lowest BCUT2D eigenvalue weighted by Crippen LogP contribution is -2.08. The first kappa shape index (κ1) is 15.3. The molecule has 3 rings (SSSR count). The van der Waals surface area contributed by atoms with Crippen LogP contribution in [-0.4, -0.2) is 12.1 Å². The molecule has 0 radical (unpaired) electrons. The van der Waals surface area contributed by atoms with Crippen LogP contribution in [0.25, 0.3) is 11.6 Å². The largest absolute Gasteiger partial charge is 0.450 e. The topological polar surface area (TPSA) is 26.3 Å². The SMILES string of the molecule is CCCC1=C(c2ccccc2)C(=O)OC1/C=C/c1ccccc1. The lowest BCUT2D eigenvalue weighted by molar-refractivity contribution is -0.136. The van der Waals surface area contributed by atoms with Gasteiger partial charge in [-0.25, -0.2) is 4.79 Å². The van der Waals surface area contributed by atoms with Crippen LogP contribution < -0.4 is 0 Å². The first-order valence-electron chi connectivity index (χ1n) is 8.02. The number of hydrogen-bond acceptors (Lipinski definition) is 2. The highest BCUT2D eigenvalue weighted by Crippen LogP contribution is 2.34. The van der Waals surface area contributed by atoms with Gasteiger partial charge in [0.25, 0.3) is 0 Å². The fourth-order valence-corrected chi connectivity index (χ4v) is 2.88. The molecule has 0 amide bonds. The van der Waals surface area contributed by atoms with Crippen molar-refractivity contribution in [3.05, 3.63) is 83.4 Å². The highest BCUT2D eigenvalue weighted by Gasteiger charge is 2.32. The molecule has 0 saturated carbocycles. The third kappa shape index (κ3) is 3.42. The predicted molar refractivity (Wildman–Crippen MR) is 93.6 cm³/mol. The van der Waals surface area contributed by atoms with Crippen LogP contribution in [0.15, 0.2) is 72.3 Å². The zero-order chi connectivity index (χ0) is 16.1. The summed E-state index contributed by atoms with van der Waals surface area (Å²) in [7, 11) is 0. The van der Waals surface area contributed by atoms with Crippen LogP contribution in [0.2, 0.25) is 0 Å². The van der Waals surface area contributed by atoms with Crippen molar-refractivity contribution in [3.8, 4) is 0 Å². The maximum Gasteiger partial charge on any atom is 0.339 e. The van der Waals surface area contributed by atoms with Gasteiger partial charge in [-0.3, -0.25) is 0 Å². The van der Waals surface area contributed by atoms with Gasteiger partial charge in [0.2, 0.25) is 0 Å². The first-order valence-corrected chi connectivity index (χ1v) is 8.02. The Morgan fingerprint density at radius 1 is 1.00 bits per heavy atom. The Hall–Kier alpha value is -2.61. The second-order valence-corrected chi connectivity index (χ2v) is 5.61. The molecule has 1 unspecified atom stereocenters. The molecule has 1 aliphatic rings. The average Bonchev–Trinajstić information content (AvgIpc) is 2.90. The van der Waals surface area contributed by atoms with Gasteiger partial charge in [0.1, 0.15) is 6.10 Å². The van der Waals surface area contributed by atoms with Gasteiger partial charge in [-0.1, -0.05) is 80.1 Å². The van der Waals surface area contributed by atoms with E-state index in [-0.39, 0.29) is 12.1 Å². The van der Waals surface area contributed by atoms with Crippen molar-refractivity contribution in [3.63, 3.8) is 0 Å². The fourth-order valence-electron chi connectivity index (χ4n) is 2.88. The summed E-state index contributed by atoms with van der Waals surface area (Å²) in [4.78, 5) is 12.4. The minimum absolute atomic E-state index is 0.220. The number of esters is 1. The predicted octanol–water partition coefficient (Wildman–Crippen LogP) is 4.88. The van der Waals surface area contributed by atoms with E-state index < -0.39 is 0 Å². The molecule has 0 spiro atoms. The lowest BCUT2D eigenvalue weighted by atomic mass is 9.95. The van der Waals surface area contributed by atoms with Crippen molar-refractivity contribution in [2.45, 2.75) is 25.9 Å². The summed E-state index contributed by atoms with van der Waals surface area (Å²) in [5.41, 5.74) is 3.86. The second kappa shape index (κ2) is 7.10. The Kier molecular flexibility index (Phi) is 4.72. The molecule has 1 heterocycles. The van der Waals surface area contributed by atoms with E-state index in [9.17, 15) is 4.79 Å². The zero-order valence-electron chi connectivity index (χ0n) is 13.2. The zero-order valence-corrected chi connectivity index (χ0v) is 13.2. The molecule has 0 aliphatic carbocycles. The molecule has 23 heavy (non-hydrogen) atoms. The molecule has 116 valence electrons. The van der Waals surface area contributed by atoms with Gasteiger partial charge in [0.15, 0.2) is 0 Å². The quantitative estimate of drug-likeness (QED) is 0.736. The fraction of sp³-hybridized carbons (Fsp3) is 0.190. The molecule has 1 atom stereocenters. The number of rotatable bonds is 5. The molecule has 0 bridgehead atoms. The van der Waals surface area contributed by atoms with Crippen molar-refractivity contribution in [1.82, 2.24) is 0 Å². The van der Waals surface area contributed by atoms with E-state index in [2.05, 4.69) is 6.92 Å². The van der Waals surface area contributed by atoms with Crippen LogP contribution in [-0.2, 0) is 9.53 Å². The average molecular weight is 304 g/mol. The van der Waals surface area contributed by atoms with Crippen molar-refractivity contribution < 1.29 is 9.53 Å². The molecule has 0 N–H and O–H groups in total. The number of cyclic esters (lactones) is 1. The van der Waals surface area contributed by atoms with E-state index >= 15 is 0 Å². The molecule has 0 fully saturated rings. The second-order valence-electron chi connectivity index (χ2n) is 5.61. The Morgan fingerprint density at radius 2 is 1.65 bits per heavy atom. The van der Waals surface area contributed by atoms with Crippen LogP contribution in [0.1, 0.15) is 30.9 Å². The highest BCUT2D eigenvalue weighted by atomic mass is 16.5. The monoisotopic (exact) mass is 304 g/mol. The van der Waals surface area contributed by atoms with Crippen LogP contribution in [0.4, 0.5) is 0 Å². The van der Waals surface area contributed by atoms with Gasteiger partial charge >= 0.3 is 5.97 Å². The molecule has 0 saturated heterocycles. The van der Waals surface area contributed by atoms with Gasteiger partial charge in [-0.05, 0) is 29.2 Å². The third-order valence-corrected chi connectivity index (χ3v) is 3.95. The van der Waals surface area contributed by atoms with Crippen LogP contribution >= 0.6 is 0 Å². The standard InChI is InChI=1S/C21H20O2/c1-2-9-18-19(15-14-16-10-5-3-6-11-16)23-21(22)20(18)17-12-7-4-8-13-17/h3-8,10-15,19H,2,9H2,1H3/b15-14+.